The Morgan fingerprint density at radius 2 is 2.50 bits per heavy atom. The van der Waals surface area contributed by atoms with Crippen LogP contribution in [0, 0.1) is 0 Å². The number of hydrogen-bond acceptors (Lipinski definition) is 3. The van der Waals surface area contributed by atoms with Crippen molar-refractivity contribution in [2.24, 2.45) is 0 Å². The summed E-state index contributed by atoms with van der Waals surface area (Å²) < 4.78 is 5.22. The number of ether oxygens (including phenoxy) is 1. The zero-order chi connectivity index (χ0) is 7.03. The lowest BCUT2D eigenvalue weighted by Gasteiger charge is -2.18. The molecule has 1 spiro atoms. The summed E-state index contributed by atoms with van der Waals surface area (Å²) in [6, 6.07) is 0. The summed E-state index contributed by atoms with van der Waals surface area (Å²) in [5, 5.41) is 3.21. The van der Waals surface area contributed by atoms with Gasteiger partial charge in [-0.15, -0.1) is 0 Å². The van der Waals surface area contributed by atoms with Crippen LogP contribution in [0.3, 0.4) is 0 Å². The first-order valence-electron chi connectivity index (χ1n) is 3.65. The van der Waals surface area contributed by atoms with Gasteiger partial charge in [0.05, 0.1) is 18.7 Å². The van der Waals surface area contributed by atoms with Crippen molar-refractivity contribution in [2.45, 2.75) is 18.4 Å². The van der Waals surface area contributed by atoms with Crippen LogP contribution in [-0.2, 0) is 9.53 Å². The molecule has 3 heteroatoms. The zero-order valence-corrected chi connectivity index (χ0v) is 5.85. The van der Waals surface area contributed by atoms with Gasteiger partial charge in [-0.2, -0.15) is 0 Å². The van der Waals surface area contributed by atoms with E-state index in [9.17, 15) is 4.79 Å². The average molecular weight is 141 g/mol. The lowest BCUT2D eigenvalue weighted by molar-refractivity contribution is -0.116. The molecule has 0 radical (unpaired) electrons. The van der Waals surface area contributed by atoms with Crippen LogP contribution in [-0.4, -0.2) is 31.1 Å². The molecule has 56 valence electrons. The molecule has 2 aliphatic heterocycles. The summed E-state index contributed by atoms with van der Waals surface area (Å²) in [6.07, 6.45) is 1.67. The van der Waals surface area contributed by atoms with Gasteiger partial charge in [-0.05, 0) is 6.42 Å². The number of ketones is 1. The zero-order valence-electron chi connectivity index (χ0n) is 5.85. The van der Waals surface area contributed by atoms with Crippen molar-refractivity contribution in [3.8, 4) is 0 Å². The molecule has 1 atom stereocenters. The van der Waals surface area contributed by atoms with Crippen LogP contribution in [0.2, 0.25) is 0 Å². The molecule has 0 aromatic rings. The van der Waals surface area contributed by atoms with E-state index >= 15 is 0 Å². The van der Waals surface area contributed by atoms with E-state index in [0.717, 1.165) is 19.6 Å². The molecule has 1 N–H and O–H groups in total. The fraction of sp³-hybridized carbons (Fsp3) is 0.857. The van der Waals surface area contributed by atoms with Crippen molar-refractivity contribution in [1.82, 2.24) is 5.32 Å². The van der Waals surface area contributed by atoms with Crippen molar-refractivity contribution in [1.29, 1.82) is 0 Å². The largest absolute Gasteiger partial charge is 0.379 e. The molecule has 2 heterocycles. The molecule has 10 heavy (non-hydrogen) atoms. The first kappa shape index (κ1) is 6.31. The normalized spacial score (nSPS) is 39.8. The number of hydrogen-bond donors (Lipinski definition) is 1. The molecule has 2 aliphatic rings. The number of nitrogens with one attached hydrogen (secondary N) is 1. The monoisotopic (exact) mass is 141 g/mol. The molecule has 0 bridgehead atoms. The predicted molar refractivity (Wildman–Crippen MR) is 35.8 cm³/mol. The van der Waals surface area contributed by atoms with Gasteiger partial charge in [0, 0.05) is 13.0 Å². The van der Waals surface area contributed by atoms with Crippen LogP contribution in [0.5, 0.6) is 0 Å². The summed E-state index contributed by atoms with van der Waals surface area (Å²) in [7, 11) is 0. The maximum atomic E-state index is 10.9. The van der Waals surface area contributed by atoms with E-state index < -0.39 is 0 Å². The fourth-order valence-corrected chi connectivity index (χ4v) is 1.67. The fourth-order valence-electron chi connectivity index (χ4n) is 1.67. The summed E-state index contributed by atoms with van der Waals surface area (Å²) in [4.78, 5) is 10.9. The van der Waals surface area contributed by atoms with Gasteiger partial charge in [0.1, 0.15) is 5.78 Å². The summed E-state index contributed by atoms with van der Waals surface area (Å²) in [5.74, 6) is 0.325. The van der Waals surface area contributed by atoms with Gasteiger partial charge in [-0.3, -0.25) is 4.79 Å². The molecular weight excluding hydrogens is 130 g/mol. The lowest BCUT2D eigenvalue weighted by Crippen LogP contribution is -2.39. The van der Waals surface area contributed by atoms with Crippen LogP contribution in [0.4, 0.5) is 0 Å². The first-order valence-corrected chi connectivity index (χ1v) is 3.65. The number of carbonyl (C=O) groups is 1. The average Bonchev–Trinajstić information content (AvgIpc) is 2.46. The maximum absolute atomic E-state index is 10.9. The minimum absolute atomic E-state index is 0.0388. The topological polar surface area (TPSA) is 38.3 Å². The van der Waals surface area contributed by atoms with Crippen LogP contribution < -0.4 is 5.32 Å². The molecule has 0 aromatic carbocycles. The number of rotatable bonds is 0. The standard InChI is InChI=1S/C7H11NO2/c9-6-3-7(8-4-6)1-2-10-5-7/h8H,1-5H2. The SMILES string of the molecule is O=C1CNC2(CCOC2)C1. The van der Waals surface area contributed by atoms with Gasteiger partial charge in [0.25, 0.3) is 0 Å². The number of Topliss-reactive ketones (excluding diaryl/α,β-unsaturated/α-hetero) is 1. The highest BCUT2D eigenvalue weighted by atomic mass is 16.5. The smallest absolute Gasteiger partial charge is 0.148 e. The lowest BCUT2D eigenvalue weighted by atomic mass is 9.97. The van der Waals surface area contributed by atoms with Gasteiger partial charge >= 0.3 is 0 Å². The minimum Gasteiger partial charge on any atom is -0.379 e. The predicted octanol–water partition coefficient (Wildman–Crippen LogP) is -0.292. The molecule has 2 saturated heterocycles. The Morgan fingerprint density at radius 1 is 1.60 bits per heavy atom. The first-order chi connectivity index (χ1) is 4.81. The molecule has 2 rings (SSSR count). The summed E-state index contributed by atoms with van der Waals surface area (Å²) in [5.41, 5.74) is 0.0388. The summed E-state index contributed by atoms with van der Waals surface area (Å²) >= 11 is 0. The molecule has 2 fully saturated rings. The second-order valence-corrected chi connectivity index (χ2v) is 3.15. The third kappa shape index (κ3) is 0.859. The van der Waals surface area contributed by atoms with E-state index in [1.54, 1.807) is 0 Å². The Hall–Kier alpha value is -0.410. The highest BCUT2D eigenvalue weighted by Crippen LogP contribution is 2.26. The van der Waals surface area contributed by atoms with E-state index in [-0.39, 0.29) is 5.54 Å². The third-order valence-electron chi connectivity index (χ3n) is 2.30. The Kier molecular flexibility index (Phi) is 1.28. The van der Waals surface area contributed by atoms with Crippen LogP contribution in [0.25, 0.3) is 0 Å². The van der Waals surface area contributed by atoms with E-state index in [0.29, 0.717) is 18.7 Å². The highest BCUT2D eigenvalue weighted by molar-refractivity contribution is 5.84. The van der Waals surface area contributed by atoms with E-state index in [1.165, 1.54) is 0 Å². The second kappa shape index (κ2) is 2.04. The van der Waals surface area contributed by atoms with Crippen LogP contribution in [0.1, 0.15) is 12.8 Å². The van der Waals surface area contributed by atoms with Gasteiger partial charge < -0.3 is 10.1 Å². The highest BCUT2D eigenvalue weighted by Gasteiger charge is 2.40. The quantitative estimate of drug-likeness (QED) is 0.503. The second-order valence-electron chi connectivity index (χ2n) is 3.15. The van der Waals surface area contributed by atoms with Crippen molar-refractivity contribution in [2.75, 3.05) is 19.8 Å². The molecule has 0 saturated carbocycles. The maximum Gasteiger partial charge on any atom is 0.148 e. The van der Waals surface area contributed by atoms with E-state index in [2.05, 4.69) is 5.32 Å². The number of carbonyl (C=O) groups excluding carboxylic acids is 1. The molecule has 0 amide bonds. The molecular formula is C7H11NO2. The van der Waals surface area contributed by atoms with Gasteiger partial charge in [-0.1, -0.05) is 0 Å². The molecule has 1 unspecified atom stereocenters. The van der Waals surface area contributed by atoms with Gasteiger partial charge in [-0.25, -0.2) is 0 Å². The Balaban J connectivity index is 2.09. The van der Waals surface area contributed by atoms with Gasteiger partial charge in [0.15, 0.2) is 0 Å². The van der Waals surface area contributed by atoms with Crippen molar-refractivity contribution >= 4 is 5.78 Å². The van der Waals surface area contributed by atoms with E-state index in [4.69, 9.17) is 4.74 Å². The third-order valence-corrected chi connectivity index (χ3v) is 2.30. The molecule has 0 aromatic heterocycles. The van der Waals surface area contributed by atoms with Gasteiger partial charge in [0.2, 0.25) is 0 Å². The Bertz CT molecular complexity index is 161. The van der Waals surface area contributed by atoms with Crippen LogP contribution in [0.15, 0.2) is 0 Å². The van der Waals surface area contributed by atoms with Crippen molar-refractivity contribution in [3.63, 3.8) is 0 Å². The summed E-state index contributed by atoms with van der Waals surface area (Å²) in [6.45, 7) is 2.07. The molecule has 3 nitrogen and oxygen atoms in total. The van der Waals surface area contributed by atoms with Crippen molar-refractivity contribution in [3.05, 3.63) is 0 Å². The minimum atomic E-state index is 0.0388. The Morgan fingerprint density at radius 3 is 3.00 bits per heavy atom. The Labute approximate surface area is 59.7 Å². The van der Waals surface area contributed by atoms with Crippen LogP contribution >= 0.6 is 0 Å². The van der Waals surface area contributed by atoms with E-state index in [1.807, 2.05) is 0 Å². The van der Waals surface area contributed by atoms with Crippen molar-refractivity contribution < 1.29 is 9.53 Å². The molecule has 0 aliphatic carbocycles.